The van der Waals surface area contributed by atoms with Crippen LogP contribution in [-0.4, -0.2) is 61.0 Å². The second-order valence-electron chi connectivity index (χ2n) is 6.24. The quantitative estimate of drug-likeness (QED) is 0.796. The second kappa shape index (κ2) is 11.5. The number of likely N-dealkylation sites (tertiary alicyclic amines) is 1. The predicted molar refractivity (Wildman–Crippen MR) is 97.2 cm³/mol. The summed E-state index contributed by atoms with van der Waals surface area (Å²) < 4.78 is 0. The molecule has 2 aliphatic heterocycles. The van der Waals surface area contributed by atoms with Gasteiger partial charge in [-0.1, -0.05) is 13.8 Å². The maximum absolute atomic E-state index is 12.3. The van der Waals surface area contributed by atoms with Crippen molar-refractivity contribution in [1.82, 2.24) is 15.1 Å². The average Bonchev–Trinajstić information content (AvgIpc) is 2.97. The van der Waals surface area contributed by atoms with Crippen molar-refractivity contribution in [2.45, 2.75) is 52.0 Å². The van der Waals surface area contributed by atoms with Gasteiger partial charge in [-0.3, -0.25) is 9.69 Å². The fourth-order valence-electron chi connectivity index (χ4n) is 3.66. The van der Waals surface area contributed by atoms with Crippen LogP contribution in [0.5, 0.6) is 0 Å². The number of carbonyl (C=O) groups excluding carboxylic acids is 1. The maximum Gasteiger partial charge on any atom is 0.222 e. The molecular formula is C16H33Cl2N3O. The van der Waals surface area contributed by atoms with Crippen molar-refractivity contribution in [3.05, 3.63) is 0 Å². The van der Waals surface area contributed by atoms with Crippen LogP contribution in [0, 0.1) is 5.92 Å². The number of nitrogens with zero attached hydrogens (tertiary/aromatic N) is 2. The van der Waals surface area contributed by atoms with Gasteiger partial charge in [0.2, 0.25) is 5.91 Å². The molecule has 6 heteroatoms. The van der Waals surface area contributed by atoms with Gasteiger partial charge in [0.15, 0.2) is 0 Å². The summed E-state index contributed by atoms with van der Waals surface area (Å²) >= 11 is 0. The minimum atomic E-state index is 0. The Kier molecular flexibility index (Phi) is 11.5. The number of nitrogens with one attached hydrogen (secondary N) is 1. The highest BCUT2D eigenvalue weighted by atomic mass is 35.5. The van der Waals surface area contributed by atoms with Crippen molar-refractivity contribution in [1.29, 1.82) is 0 Å². The first-order valence-electron chi connectivity index (χ1n) is 8.47. The Morgan fingerprint density at radius 1 is 1.14 bits per heavy atom. The average molecular weight is 354 g/mol. The summed E-state index contributed by atoms with van der Waals surface area (Å²) in [6.07, 6.45) is 5.49. The largest absolute Gasteiger partial charge is 0.341 e. The minimum absolute atomic E-state index is 0. The molecule has 1 amide bonds. The van der Waals surface area contributed by atoms with E-state index in [0.717, 1.165) is 64.4 Å². The molecule has 0 aliphatic carbocycles. The summed E-state index contributed by atoms with van der Waals surface area (Å²) in [4.78, 5) is 16.9. The van der Waals surface area contributed by atoms with Crippen molar-refractivity contribution in [3.8, 4) is 0 Å². The van der Waals surface area contributed by atoms with E-state index in [9.17, 15) is 4.79 Å². The molecule has 22 heavy (non-hydrogen) atoms. The summed E-state index contributed by atoms with van der Waals surface area (Å²) in [7, 11) is 0. The molecule has 0 radical (unpaired) electrons. The molecule has 0 bridgehead atoms. The molecule has 1 atom stereocenters. The van der Waals surface area contributed by atoms with Crippen LogP contribution in [0.15, 0.2) is 0 Å². The molecule has 4 nitrogen and oxygen atoms in total. The lowest BCUT2D eigenvalue weighted by Gasteiger charge is -2.26. The van der Waals surface area contributed by atoms with Gasteiger partial charge in [-0.05, 0) is 57.8 Å². The Morgan fingerprint density at radius 3 is 2.36 bits per heavy atom. The molecule has 2 rings (SSSR count). The van der Waals surface area contributed by atoms with Crippen molar-refractivity contribution in [2.75, 3.05) is 39.3 Å². The van der Waals surface area contributed by atoms with Gasteiger partial charge in [-0.15, -0.1) is 24.8 Å². The van der Waals surface area contributed by atoms with Gasteiger partial charge in [0, 0.05) is 25.6 Å². The third-order valence-corrected chi connectivity index (χ3v) is 5.07. The lowest BCUT2D eigenvalue weighted by molar-refractivity contribution is -0.130. The smallest absolute Gasteiger partial charge is 0.222 e. The molecule has 0 aromatic rings. The first-order valence-corrected chi connectivity index (χ1v) is 8.47. The first-order chi connectivity index (χ1) is 9.74. The van der Waals surface area contributed by atoms with Crippen LogP contribution in [0.3, 0.4) is 0 Å². The molecule has 1 unspecified atom stereocenters. The molecule has 2 fully saturated rings. The van der Waals surface area contributed by atoms with E-state index in [1.54, 1.807) is 0 Å². The lowest BCUT2D eigenvalue weighted by atomic mass is 9.93. The van der Waals surface area contributed by atoms with E-state index in [1.807, 2.05) is 0 Å². The molecular weight excluding hydrogens is 321 g/mol. The highest BCUT2D eigenvalue weighted by molar-refractivity contribution is 5.85. The van der Waals surface area contributed by atoms with Crippen LogP contribution in [0.1, 0.15) is 46.0 Å². The summed E-state index contributed by atoms with van der Waals surface area (Å²) in [6.45, 7) is 10.8. The van der Waals surface area contributed by atoms with Gasteiger partial charge < -0.3 is 10.2 Å². The van der Waals surface area contributed by atoms with Crippen LogP contribution in [-0.2, 0) is 4.79 Å². The molecule has 1 N–H and O–H groups in total. The Balaban J connectivity index is 0.00000220. The second-order valence-corrected chi connectivity index (χ2v) is 6.24. The zero-order valence-corrected chi connectivity index (χ0v) is 15.7. The van der Waals surface area contributed by atoms with Crippen molar-refractivity contribution < 1.29 is 4.79 Å². The summed E-state index contributed by atoms with van der Waals surface area (Å²) in [5, 5.41) is 3.39. The number of hydrogen-bond acceptors (Lipinski definition) is 3. The number of rotatable bonds is 6. The SMILES string of the molecule is CCN(CC)C1CCN(C(=O)CCC2CCNCC2)C1.Cl.Cl. The number of amides is 1. The topological polar surface area (TPSA) is 35.6 Å². The molecule has 2 aliphatic rings. The van der Waals surface area contributed by atoms with Gasteiger partial charge >= 0.3 is 0 Å². The highest BCUT2D eigenvalue weighted by Gasteiger charge is 2.29. The third kappa shape index (κ3) is 6.23. The number of carbonyl (C=O) groups is 1. The van der Waals surface area contributed by atoms with E-state index >= 15 is 0 Å². The lowest BCUT2D eigenvalue weighted by Crippen LogP contribution is -2.38. The zero-order valence-electron chi connectivity index (χ0n) is 14.1. The Labute approximate surface area is 148 Å². The molecule has 2 saturated heterocycles. The van der Waals surface area contributed by atoms with E-state index in [4.69, 9.17) is 0 Å². The standard InChI is InChI=1S/C16H31N3O.2ClH/c1-3-18(4-2)15-9-12-19(13-15)16(20)6-5-14-7-10-17-11-8-14;;/h14-15,17H,3-13H2,1-2H3;2*1H. The van der Waals surface area contributed by atoms with Crippen molar-refractivity contribution in [3.63, 3.8) is 0 Å². The molecule has 0 aromatic carbocycles. The Hall–Kier alpha value is -0.0300. The van der Waals surface area contributed by atoms with Crippen LogP contribution in [0.4, 0.5) is 0 Å². The fraction of sp³-hybridized carbons (Fsp3) is 0.938. The van der Waals surface area contributed by atoms with E-state index in [1.165, 1.54) is 12.8 Å². The normalized spacial score (nSPS) is 22.3. The van der Waals surface area contributed by atoms with Gasteiger partial charge in [-0.2, -0.15) is 0 Å². The molecule has 132 valence electrons. The molecule has 0 aromatic heterocycles. The van der Waals surface area contributed by atoms with E-state index in [2.05, 4.69) is 29.0 Å². The van der Waals surface area contributed by atoms with Crippen LogP contribution >= 0.6 is 24.8 Å². The third-order valence-electron chi connectivity index (χ3n) is 5.07. The molecule has 0 saturated carbocycles. The van der Waals surface area contributed by atoms with E-state index < -0.39 is 0 Å². The van der Waals surface area contributed by atoms with Gasteiger partial charge in [-0.25, -0.2) is 0 Å². The van der Waals surface area contributed by atoms with Crippen LogP contribution in [0.2, 0.25) is 0 Å². The number of halogens is 2. The summed E-state index contributed by atoms with van der Waals surface area (Å²) in [5.74, 6) is 1.15. The van der Waals surface area contributed by atoms with Gasteiger partial charge in [0.25, 0.3) is 0 Å². The van der Waals surface area contributed by atoms with Crippen LogP contribution < -0.4 is 5.32 Å². The molecule has 2 heterocycles. The summed E-state index contributed by atoms with van der Waals surface area (Å²) in [5.41, 5.74) is 0. The zero-order chi connectivity index (χ0) is 14.4. The monoisotopic (exact) mass is 353 g/mol. The van der Waals surface area contributed by atoms with Gasteiger partial charge in [0.1, 0.15) is 0 Å². The van der Waals surface area contributed by atoms with Crippen molar-refractivity contribution >= 4 is 30.7 Å². The highest BCUT2D eigenvalue weighted by Crippen LogP contribution is 2.21. The minimum Gasteiger partial charge on any atom is -0.341 e. The fourth-order valence-corrected chi connectivity index (χ4v) is 3.66. The van der Waals surface area contributed by atoms with E-state index in [0.29, 0.717) is 11.9 Å². The maximum atomic E-state index is 12.3. The summed E-state index contributed by atoms with van der Waals surface area (Å²) in [6, 6.07) is 0.591. The molecule has 0 spiro atoms. The van der Waals surface area contributed by atoms with Crippen LogP contribution in [0.25, 0.3) is 0 Å². The Morgan fingerprint density at radius 2 is 1.77 bits per heavy atom. The number of hydrogen-bond donors (Lipinski definition) is 1. The first kappa shape index (κ1) is 22.0. The predicted octanol–water partition coefficient (Wildman–Crippen LogP) is 2.55. The Bertz CT molecular complexity index is 308. The number of likely N-dealkylation sites (N-methyl/N-ethyl adjacent to an activating group) is 1. The van der Waals surface area contributed by atoms with Crippen molar-refractivity contribution in [2.24, 2.45) is 5.92 Å². The van der Waals surface area contributed by atoms with Gasteiger partial charge in [0.05, 0.1) is 0 Å². The van der Waals surface area contributed by atoms with E-state index in [-0.39, 0.29) is 24.8 Å². The number of piperidine rings is 1.